The van der Waals surface area contributed by atoms with Crippen molar-refractivity contribution in [2.75, 3.05) is 6.79 Å². The summed E-state index contributed by atoms with van der Waals surface area (Å²) in [4.78, 5) is 23.6. The molecule has 0 unspecified atom stereocenters. The first-order valence-corrected chi connectivity index (χ1v) is 12.4. The number of rotatable bonds is 8. The van der Waals surface area contributed by atoms with Crippen molar-refractivity contribution in [2.24, 2.45) is 11.8 Å². The maximum atomic E-state index is 12.6. The number of aromatic carboxylic acids is 1. The van der Waals surface area contributed by atoms with Gasteiger partial charge in [0, 0.05) is 41.6 Å². The zero-order valence-electron chi connectivity index (χ0n) is 19.7. The molecule has 188 valence electrons. The monoisotopic (exact) mass is 510 g/mol. The molecule has 2 N–H and O–H groups in total. The van der Waals surface area contributed by atoms with Crippen molar-refractivity contribution in [3.63, 3.8) is 0 Å². The van der Waals surface area contributed by atoms with Crippen LogP contribution in [0.5, 0.6) is 11.5 Å². The first kappa shape index (κ1) is 24.2. The van der Waals surface area contributed by atoms with E-state index in [4.69, 9.17) is 31.3 Å². The van der Waals surface area contributed by atoms with Crippen LogP contribution in [0.25, 0.3) is 11.3 Å². The van der Waals surface area contributed by atoms with Gasteiger partial charge in [0.15, 0.2) is 11.5 Å². The molecule has 2 aromatic carbocycles. The average Bonchev–Trinajstić information content (AvgIpc) is 3.45. The lowest BCUT2D eigenvalue weighted by atomic mass is 9.80. The van der Waals surface area contributed by atoms with Crippen molar-refractivity contribution < 1.29 is 29.3 Å². The first-order valence-electron chi connectivity index (χ1n) is 12.1. The maximum Gasteiger partial charge on any atom is 0.354 e. The Kier molecular flexibility index (Phi) is 6.87. The normalized spacial score (nSPS) is 18.8. The standard InChI is InChI=1S/C27H27ClN2O6/c28-21-13-23-22(35-15-36-23)12-19(21)11-20-25(18-4-2-1-3-5-18)29-30(26(20)27(33)34)14-17-8-6-16(7-9-17)10-24(31)32/h1-5,12-13,16-17H,6-11,14-15H2,(H,31,32)(H,33,34). The third-order valence-electron chi connectivity index (χ3n) is 7.07. The Balaban J connectivity index is 1.49. The second kappa shape index (κ2) is 10.2. The zero-order valence-corrected chi connectivity index (χ0v) is 20.4. The fourth-order valence-electron chi connectivity index (χ4n) is 5.26. The number of hydrogen-bond donors (Lipinski definition) is 2. The minimum atomic E-state index is -1.05. The van der Waals surface area contributed by atoms with Gasteiger partial charge in [-0.2, -0.15) is 5.10 Å². The van der Waals surface area contributed by atoms with Crippen LogP contribution >= 0.6 is 11.6 Å². The summed E-state index contributed by atoms with van der Waals surface area (Å²) in [6.07, 6.45) is 3.81. The van der Waals surface area contributed by atoms with Crippen LogP contribution in [0.3, 0.4) is 0 Å². The molecule has 1 fully saturated rings. The van der Waals surface area contributed by atoms with Gasteiger partial charge in [-0.1, -0.05) is 41.9 Å². The molecule has 9 heteroatoms. The number of carbonyl (C=O) groups is 2. The van der Waals surface area contributed by atoms with Crippen LogP contribution in [0, 0.1) is 11.8 Å². The quantitative estimate of drug-likeness (QED) is 0.411. The Morgan fingerprint density at radius 2 is 1.67 bits per heavy atom. The molecule has 5 rings (SSSR count). The molecule has 1 aliphatic carbocycles. The average molecular weight is 511 g/mol. The fraction of sp³-hybridized carbons (Fsp3) is 0.370. The van der Waals surface area contributed by atoms with Gasteiger partial charge in [0.1, 0.15) is 5.69 Å². The molecule has 0 saturated heterocycles. The summed E-state index contributed by atoms with van der Waals surface area (Å²) < 4.78 is 12.5. The summed E-state index contributed by atoms with van der Waals surface area (Å²) in [5.41, 5.74) is 2.91. The lowest BCUT2D eigenvalue weighted by Gasteiger charge is -2.27. The van der Waals surface area contributed by atoms with E-state index < -0.39 is 11.9 Å². The van der Waals surface area contributed by atoms with E-state index in [0.717, 1.165) is 36.8 Å². The first-order chi connectivity index (χ1) is 17.4. The molecule has 36 heavy (non-hydrogen) atoms. The zero-order chi connectivity index (χ0) is 25.2. The molecule has 0 bridgehead atoms. The second-order valence-corrected chi connectivity index (χ2v) is 9.89. The van der Waals surface area contributed by atoms with Crippen molar-refractivity contribution in [1.82, 2.24) is 9.78 Å². The van der Waals surface area contributed by atoms with E-state index in [9.17, 15) is 14.7 Å². The van der Waals surface area contributed by atoms with Gasteiger partial charge in [-0.25, -0.2) is 4.79 Å². The molecular formula is C27H27ClN2O6. The van der Waals surface area contributed by atoms with E-state index >= 15 is 0 Å². The highest BCUT2D eigenvalue weighted by Crippen LogP contribution is 2.39. The number of benzene rings is 2. The third kappa shape index (κ3) is 5.04. The molecule has 1 aliphatic heterocycles. The number of hydrogen-bond acceptors (Lipinski definition) is 5. The van der Waals surface area contributed by atoms with Gasteiger partial charge >= 0.3 is 11.9 Å². The second-order valence-electron chi connectivity index (χ2n) is 9.49. The van der Waals surface area contributed by atoms with Gasteiger partial charge in [-0.05, 0) is 49.1 Å². The molecule has 1 aromatic heterocycles. The predicted octanol–water partition coefficient (Wildman–Crippen LogP) is 5.50. The van der Waals surface area contributed by atoms with E-state index in [2.05, 4.69) is 0 Å². The highest BCUT2D eigenvalue weighted by molar-refractivity contribution is 6.31. The van der Waals surface area contributed by atoms with Crippen molar-refractivity contribution in [3.8, 4) is 22.8 Å². The molecule has 2 aliphatic rings. The minimum Gasteiger partial charge on any atom is -0.481 e. The molecular weight excluding hydrogens is 484 g/mol. The summed E-state index contributed by atoms with van der Waals surface area (Å²) in [5.74, 6) is -0.246. The van der Waals surface area contributed by atoms with Gasteiger partial charge in [0.05, 0.1) is 5.69 Å². The van der Waals surface area contributed by atoms with Crippen LogP contribution in [0.15, 0.2) is 42.5 Å². The molecule has 3 aromatic rings. The Labute approximate surface area is 213 Å². The minimum absolute atomic E-state index is 0.122. The number of ether oxygens (including phenoxy) is 2. The van der Waals surface area contributed by atoms with E-state index in [-0.39, 0.29) is 37.2 Å². The molecule has 2 heterocycles. The largest absolute Gasteiger partial charge is 0.481 e. The van der Waals surface area contributed by atoms with E-state index in [0.29, 0.717) is 34.3 Å². The molecule has 1 saturated carbocycles. The summed E-state index contributed by atoms with van der Waals surface area (Å²) in [7, 11) is 0. The highest BCUT2D eigenvalue weighted by atomic mass is 35.5. The highest BCUT2D eigenvalue weighted by Gasteiger charge is 2.29. The number of carboxylic acids is 2. The third-order valence-corrected chi connectivity index (χ3v) is 7.42. The van der Waals surface area contributed by atoms with Gasteiger partial charge < -0.3 is 19.7 Å². The Morgan fingerprint density at radius 3 is 2.33 bits per heavy atom. The number of fused-ring (bicyclic) bond motifs is 1. The summed E-state index contributed by atoms with van der Waals surface area (Å²) in [6, 6.07) is 13.0. The van der Waals surface area contributed by atoms with Crippen LogP contribution < -0.4 is 9.47 Å². The Hall–Kier alpha value is -3.52. The number of carboxylic acid groups (broad SMARTS) is 2. The lowest BCUT2D eigenvalue weighted by Crippen LogP contribution is -2.23. The van der Waals surface area contributed by atoms with Gasteiger partial charge in [0.25, 0.3) is 0 Å². The van der Waals surface area contributed by atoms with Gasteiger partial charge in [-0.15, -0.1) is 0 Å². The van der Waals surface area contributed by atoms with Crippen LogP contribution in [0.2, 0.25) is 5.02 Å². The smallest absolute Gasteiger partial charge is 0.354 e. The molecule has 8 nitrogen and oxygen atoms in total. The summed E-state index contributed by atoms with van der Waals surface area (Å²) >= 11 is 6.55. The topological polar surface area (TPSA) is 111 Å². The molecule has 0 radical (unpaired) electrons. The Morgan fingerprint density at radius 1 is 1.00 bits per heavy atom. The van der Waals surface area contributed by atoms with Crippen molar-refractivity contribution in [3.05, 3.63) is 64.3 Å². The number of aromatic nitrogens is 2. The predicted molar refractivity (Wildman–Crippen MR) is 133 cm³/mol. The summed E-state index contributed by atoms with van der Waals surface area (Å²) in [5, 5.41) is 24.6. The van der Waals surface area contributed by atoms with Crippen molar-refractivity contribution in [1.29, 1.82) is 0 Å². The molecule has 0 amide bonds. The van der Waals surface area contributed by atoms with Crippen LogP contribution in [-0.2, 0) is 17.8 Å². The SMILES string of the molecule is O=C(O)CC1CCC(Cn2nc(-c3ccccc3)c(Cc3cc4c(cc3Cl)OCO4)c2C(=O)O)CC1. The molecule has 0 spiro atoms. The van der Waals surface area contributed by atoms with E-state index in [1.165, 1.54) is 0 Å². The van der Waals surface area contributed by atoms with Crippen LogP contribution in [0.1, 0.15) is 53.7 Å². The summed E-state index contributed by atoms with van der Waals surface area (Å²) in [6.45, 7) is 0.591. The van der Waals surface area contributed by atoms with Crippen LogP contribution in [0.4, 0.5) is 0 Å². The van der Waals surface area contributed by atoms with Gasteiger partial charge in [-0.3, -0.25) is 9.48 Å². The number of nitrogens with zero attached hydrogens (tertiary/aromatic N) is 2. The Bertz CT molecular complexity index is 1280. The number of halogens is 1. The van der Waals surface area contributed by atoms with E-state index in [1.54, 1.807) is 16.8 Å². The van der Waals surface area contributed by atoms with Crippen molar-refractivity contribution >= 4 is 23.5 Å². The lowest BCUT2D eigenvalue weighted by molar-refractivity contribution is -0.138. The number of aliphatic carboxylic acids is 1. The molecule has 0 atom stereocenters. The van der Waals surface area contributed by atoms with Gasteiger partial charge in [0.2, 0.25) is 6.79 Å². The maximum absolute atomic E-state index is 12.6. The van der Waals surface area contributed by atoms with E-state index in [1.807, 2.05) is 30.3 Å². The van der Waals surface area contributed by atoms with Crippen molar-refractivity contribution in [2.45, 2.75) is 45.1 Å². The van der Waals surface area contributed by atoms with Crippen LogP contribution in [-0.4, -0.2) is 38.7 Å². The fourth-order valence-corrected chi connectivity index (χ4v) is 5.48.